The summed E-state index contributed by atoms with van der Waals surface area (Å²) in [6.07, 6.45) is 4.65. The van der Waals surface area contributed by atoms with E-state index in [1.165, 1.54) is 0 Å². The second-order valence-electron chi connectivity index (χ2n) is 7.94. The molecular formula is C22H22BrN5O2. The molecule has 3 N–H and O–H groups in total. The fraction of sp³-hybridized carbons (Fsp3) is 0.318. The molecule has 0 amide bonds. The number of aryl methyl sites for hydroxylation is 1. The van der Waals surface area contributed by atoms with Gasteiger partial charge in [-0.1, -0.05) is 0 Å². The molecule has 0 radical (unpaired) electrons. The van der Waals surface area contributed by atoms with Crippen LogP contribution in [0.2, 0.25) is 0 Å². The predicted octanol–water partition coefficient (Wildman–Crippen LogP) is 3.98. The average Bonchev–Trinajstić information content (AvgIpc) is 3.35. The Balaban J connectivity index is 1.30. The fourth-order valence-electron chi connectivity index (χ4n) is 4.30. The molecule has 1 fully saturated rings. The molecule has 1 aromatic heterocycles. The van der Waals surface area contributed by atoms with Crippen LogP contribution in [0.15, 0.2) is 47.3 Å². The number of benzene rings is 1. The summed E-state index contributed by atoms with van der Waals surface area (Å²) in [5, 5.41) is 11.7. The predicted molar refractivity (Wildman–Crippen MR) is 118 cm³/mol. The Bertz CT molecular complexity index is 1190. The number of nitrogens with zero attached hydrogens (tertiary/aromatic N) is 4. The van der Waals surface area contributed by atoms with E-state index in [2.05, 4.69) is 35.4 Å². The zero-order chi connectivity index (χ0) is 20.8. The maximum Gasteiger partial charge on any atom is 0.161 e. The van der Waals surface area contributed by atoms with Crippen molar-refractivity contribution in [1.29, 1.82) is 0 Å². The fourth-order valence-corrected chi connectivity index (χ4v) is 4.64. The van der Waals surface area contributed by atoms with E-state index in [-0.39, 0.29) is 12.0 Å². The lowest BCUT2D eigenvalue weighted by molar-refractivity contribution is 0.132. The number of rotatable bonds is 4. The van der Waals surface area contributed by atoms with Crippen molar-refractivity contribution in [2.24, 2.45) is 5.92 Å². The molecule has 1 aromatic carbocycles. The van der Waals surface area contributed by atoms with Gasteiger partial charge in [-0.05, 0) is 71.4 Å². The molecule has 7 nitrogen and oxygen atoms in total. The van der Waals surface area contributed by atoms with Crippen LogP contribution in [-0.4, -0.2) is 37.3 Å². The van der Waals surface area contributed by atoms with Crippen molar-refractivity contribution in [1.82, 2.24) is 19.5 Å². The van der Waals surface area contributed by atoms with Gasteiger partial charge in [-0.15, -0.1) is 0 Å². The number of ether oxygens (including phenoxy) is 1. The monoisotopic (exact) mass is 467 g/mol. The average molecular weight is 468 g/mol. The van der Waals surface area contributed by atoms with Crippen molar-refractivity contribution < 1.29 is 9.84 Å². The van der Waals surface area contributed by atoms with Gasteiger partial charge in [0.1, 0.15) is 23.6 Å². The van der Waals surface area contributed by atoms with Crippen LogP contribution >= 0.6 is 15.9 Å². The van der Waals surface area contributed by atoms with Gasteiger partial charge in [0.25, 0.3) is 0 Å². The van der Waals surface area contributed by atoms with E-state index >= 15 is 0 Å². The molecule has 154 valence electrons. The smallest absolute Gasteiger partial charge is 0.161 e. The van der Waals surface area contributed by atoms with E-state index in [4.69, 9.17) is 10.5 Å². The van der Waals surface area contributed by atoms with Crippen molar-refractivity contribution in [2.45, 2.75) is 31.9 Å². The van der Waals surface area contributed by atoms with Gasteiger partial charge in [-0.3, -0.25) is 0 Å². The second kappa shape index (κ2) is 7.52. The van der Waals surface area contributed by atoms with Gasteiger partial charge >= 0.3 is 0 Å². The molecule has 2 aromatic rings. The third-order valence-corrected chi connectivity index (χ3v) is 6.52. The Morgan fingerprint density at radius 2 is 2.10 bits per heavy atom. The first-order chi connectivity index (χ1) is 14.5. The third kappa shape index (κ3) is 3.40. The molecule has 2 aliphatic heterocycles. The molecule has 0 saturated heterocycles. The largest absolute Gasteiger partial charge is 0.493 e. The van der Waals surface area contributed by atoms with Crippen LogP contribution in [0.3, 0.4) is 0 Å². The minimum absolute atomic E-state index is 0.0335. The highest BCUT2D eigenvalue weighted by Crippen LogP contribution is 2.38. The highest BCUT2D eigenvalue weighted by Gasteiger charge is 2.36. The quantitative estimate of drug-likeness (QED) is 0.470. The second-order valence-corrected chi connectivity index (χ2v) is 8.80. The summed E-state index contributed by atoms with van der Waals surface area (Å²) in [6, 6.07) is 9.76. The van der Waals surface area contributed by atoms with Crippen molar-refractivity contribution in [3.05, 3.63) is 52.9 Å². The van der Waals surface area contributed by atoms with E-state index < -0.39 is 6.10 Å². The highest BCUT2D eigenvalue weighted by atomic mass is 79.9. The van der Waals surface area contributed by atoms with E-state index in [1.54, 1.807) is 6.33 Å². The lowest BCUT2D eigenvalue weighted by atomic mass is 10.1. The molecule has 3 atom stereocenters. The van der Waals surface area contributed by atoms with E-state index in [0.29, 0.717) is 18.8 Å². The Labute approximate surface area is 182 Å². The number of hydrogen-bond donors (Lipinski definition) is 2. The molecule has 5 rings (SSSR count). The van der Waals surface area contributed by atoms with Gasteiger partial charge in [0.05, 0.1) is 28.7 Å². The number of aliphatic hydroxyl groups excluding tert-OH is 1. The molecule has 3 aliphatic rings. The summed E-state index contributed by atoms with van der Waals surface area (Å²) in [7, 11) is 0. The number of aliphatic hydroxyl groups is 1. The summed E-state index contributed by atoms with van der Waals surface area (Å²) in [6.45, 7) is 2.56. The minimum atomic E-state index is -0.443. The van der Waals surface area contributed by atoms with Crippen LogP contribution < -0.4 is 10.5 Å². The van der Waals surface area contributed by atoms with Gasteiger partial charge in [0.2, 0.25) is 0 Å². The van der Waals surface area contributed by atoms with Crippen LogP contribution in [0.5, 0.6) is 5.75 Å². The van der Waals surface area contributed by atoms with E-state index in [0.717, 1.165) is 44.6 Å². The lowest BCUT2D eigenvalue weighted by Crippen LogP contribution is -2.20. The summed E-state index contributed by atoms with van der Waals surface area (Å²) in [4.78, 5) is 13.2. The van der Waals surface area contributed by atoms with Crippen LogP contribution in [0.4, 0.5) is 5.82 Å². The SMILES string of the molecule is Cc1ccn([C@@H]2C[C@H](COc3ccc4cc(Br)c(N)nc4c3)C[C@H]2O)c2ncnc1-2. The van der Waals surface area contributed by atoms with E-state index in [1.807, 2.05) is 43.5 Å². The molecular weight excluding hydrogens is 446 g/mol. The Hall–Kier alpha value is -2.71. The molecule has 3 heterocycles. The molecule has 0 unspecified atom stereocenters. The normalized spacial score (nSPS) is 21.5. The summed E-state index contributed by atoms with van der Waals surface area (Å²) < 4.78 is 8.89. The van der Waals surface area contributed by atoms with Gasteiger partial charge in [-0.2, -0.15) is 0 Å². The number of anilines is 1. The molecule has 8 heteroatoms. The maximum absolute atomic E-state index is 10.7. The molecule has 1 aliphatic carbocycles. The Morgan fingerprint density at radius 1 is 1.23 bits per heavy atom. The van der Waals surface area contributed by atoms with Crippen molar-refractivity contribution in [2.75, 3.05) is 12.3 Å². The van der Waals surface area contributed by atoms with Gasteiger partial charge in [0.15, 0.2) is 5.82 Å². The molecule has 0 spiro atoms. The van der Waals surface area contributed by atoms with Crippen LogP contribution in [0.1, 0.15) is 24.4 Å². The number of imidazole rings is 1. The number of aromatic nitrogens is 4. The number of nitrogens with two attached hydrogens (primary N) is 1. The van der Waals surface area contributed by atoms with Gasteiger partial charge in [-0.25, -0.2) is 15.0 Å². The zero-order valence-electron chi connectivity index (χ0n) is 16.5. The topological polar surface area (TPSA) is 99.1 Å². The van der Waals surface area contributed by atoms with Crippen molar-refractivity contribution >= 4 is 32.7 Å². The first-order valence-electron chi connectivity index (χ1n) is 9.94. The van der Waals surface area contributed by atoms with E-state index in [9.17, 15) is 5.11 Å². The Kier molecular flexibility index (Phi) is 4.83. The zero-order valence-corrected chi connectivity index (χ0v) is 18.1. The number of hydrogen-bond acceptors (Lipinski definition) is 6. The number of fused-ring (bicyclic) bond motifs is 2. The third-order valence-electron chi connectivity index (χ3n) is 5.89. The summed E-state index contributed by atoms with van der Waals surface area (Å²) in [5.41, 5.74) is 8.67. The van der Waals surface area contributed by atoms with Crippen molar-refractivity contribution in [3.63, 3.8) is 0 Å². The van der Waals surface area contributed by atoms with Crippen LogP contribution in [0, 0.1) is 12.8 Å². The number of pyridine rings is 2. The standard InChI is InChI=1S/C22H22BrN5O2/c1-12-4-5-28(22-20(12)25-11-26-22)18-6-13(7-19(18)29)10-30-15-3-2-14-8-16(23)21(24)27-17(14)9-15/h2-5,8-9,11,13,18-19,29H,6-7,10H2,1H3,(H2,24,27)/t13-,18+,19+/m0/s1. The summed E-state index contributed by atoms with van der Waals surface area (Å²) in [5.74, 6) is 2.28. The number of nitrogen functional groups attached to an aromatic ring is 1. The summed E-state index contributed by atoms with van der Waals surface area (Å²) >= 11 is 3.40. The first-order valence-corrected chi connectivity index (χ1v) is 10.7. The molecule has 0 bridgehead atoms. The Morgan fingerprint density at radius 3 is 2.97 bits per heavy atom. The first kappa shape index (κ1) is 19.3. The van der Waals surface area contributed by atoms with Crippen molar-refractivity contribution in [3.8, 4) is 17.3 Å². The molecule has 1 saturated carbocycles. The maximum atomic E-state index is 10.7. The minimum Gasteiger partial charge on any atom is -0.493 e. The van der Waals surface area contributed by atoms with Crippen LogP contribution in [-0.2, 0) is 0 Å². The van der Waals surface area contributed by atoms with Crippen LogP contribution in [0.25, 0.3) is 22.4 Å². The molecule has 30 heavy (non-hydrogen) atoms. The highest BCUT2D eigenvalue weighted by molar-refractivity contribution is 9.10. The van der Waals surface area contributed by atoms with Gasteiger partial charge < -0.3 is 20.1 Å². The number of halogens is 1. The lowest BCUT2D eigenvalue weighted by Gasteiger charge is -2.22. The van der Waals surface area contributed by atoms with Gasteiger partial charge in [0, 0.05) is 17.6 Å².